The van der Waals surface area contributed by atoms with Gasteiger partial charge in [-0.2, -0.15) is 0 Å². The molecular weight excluding hydrogens is 171 g/mol. The molecule has 0 aliphatic carbocycles. The molecule has 13 heavy (non-hydrogen) atoms. The number of hydrogen-bond donors (Lipinski definition) is 1. The number of azide groups is 1. The lowest BCUT2D eigenvalue weighted by atomic mass is 10.1. The summed E-state index contributed by atoms with van der Waals surface area (Å²) in [6, 6.07) is 5.49. The van der Waals surface area contributed by atoms with Gasteiger partial charge in [0.2, 0.25) is 0 Å². The van der Waals surface area contributed by atoms with E-state index < -0.39 is 6.04 Å². The van der Waals surface area contributed by atoms with Gasteiger partial charge in [0.25, 0.3) is 0 Å². The maximum atomic E-state index is 12.7. The van der Waals surface area contributed by atoms with Crippen LogP contribution in [0.15, 0.2) is 29.4 Å². The van der Waals surface area contributed by atoms with Crippen molar-refractivity contribution in [3.63, 3.8) is 0 Å². The van der Waals surface area contributed by atoms with Crippen LogP contribution in [0, 0.1) is 5.82 Å². The molecule has 1 aromatic carbocycles. The molecule has 1 rings (SSSR count). The Kier molecular flexibility index (Phi) is 3.25. The van der Waals surface area contributed by atoms with Crippen LogP contribution < -0.4 is 5.73 Å². The summed E-state index contributed by atoms with van der Waals surface area (Å²) in [6.07, 6.45) is 0. The number of hydrogen-bond acceptors (Lipinski definition) is 2. The SMILES string of the molecule is [N-]=[N+]=NC[C@@H](N)c1cccc(F)c1. The van der Waals surface area contributed by atoms with Gasteiger partial charge in [-0.05, 0) is 23.2 Å². The van der Waals surface area contributed by atoms with E-state index in [1.165, 1.54) is 12.1 Å². The quantitative estimate of drug-likeness (QED) is 0.432. The molecule has 0 fully saturated rings. The summed E-state index contributed by atoms with van der Waals surface area (Å²) < 4.78 is 12.7. The molecule has 68 valence electrons. The molecule has 0 radical (unpaired) electrons. The second-order valence-electron chi connectivity index (χ2n) is 2.57. The molecule has 0 unspecified atom stereocenters. The molecule has 0 bridgehead atoms. The molecule has 1 atom stereocenters. The van der Waals surface area contributed by atoms with Gasteiger partial charge in [-0.1, -0.05) is 17.2 Å². The molecule has 1 aromatic rings. The summed E-state index contributed by atoms with van der Waals surface area (Å²) >= 11 is 0. The van der Waals surface area contributed by atoms with Crippen LogP contribution in [0.25, 0.3) is 10.4 Å². The molecule has 0 aliphatic heterocycles. The molecular formula is C8H9FN4. The zero-order valence-corrected chi connectivity index (χ0v) is 6.89. The maximum absolute atomic E-state index is 12.7. The van der Waals surface area contributed by atoms with E-state index in [1.54, 1.807) is 12.1 Å². The van der Waals surface area contributed by atoms with Gasteiger partial charge in [0.05, 0.1) is 0 Å². The topological polar surface area (TPSA) is 74.8 Å². The third-order valence-corrected chi connectivity index (χ3v) is 1.62. The Morgan fingerprint density at radius 1 is 1.62 bits per heavy atom. The summed E-state index contributed by atoms with van der Waals surface area (Å²) in [5.41, 5.74) is 14.3. The van der Waals surface area contributed by atoms with Crippen molar-refractivity contribution in [2.24, 2.45) is 10.8 Å². The van der Waals surface area contributed by atoms with Gasteiger partial charge in [-0.25, -0.2) is 4.39 Å². The molecule has 0 saturated heterocycles. The third kappa shape index (κ3) is 2.74. The fourth-order valence-electron chi connectivity index (χ4n) is 0.967. The molecule has 0 spiro atoms. The molecule has 0 heterocycles. The first kappa shape index (κ1) is 9.51. The standard InChI is InChI=1S/C8H9FN4/c9-7-3-1-2-6(4-7)8(10)5-12-13-11/h1-4,8H,5,10H2/t8-/m1/s1. The highest BCUT2D eigenvalue weighted by molar-refractivity contribution is 5.19. The van der Waals surface area contributed by atoms with Crippen LogP contribution >= 0.6 is 0 Å². The molecule has 0 saturated carbocycles. The number of nitrogens with two attached hydrogens (primary N) is 1. The molecule has 2 N–H and O–H groups in total. The third-order valence-electron chi connectivity index (χ3n) is 1.62. The van der Waals surface area contributed by atoms with Crippen LogP contribution in [0.2, 0.25) is 0 Å². The van der Waals surface area contributed by atoms with E-state index in [0.717, 1.165) is 0 Å². The van der Waals surface area contributed by atoms with E-state index in [1.807, 2.05) is 0 Å². The van der Waals surface area contributed by atoms with Crippen LogP contribution in [0.1, 0.15) is 11.6 Å². The Balaban J connectivity index is 2.76. The Bertz CT molecular complexity index is 333. The largest absolute Gasteiger partial charge is 0.324 e. The fraction of sp³-hybridized carbons (Fsp3) is 0.250. The van der Waals surface area contributed by atoms with Gasteiger partial charge in [0.15, 0.2) is 0 Å². The molecule has 5 heteroatoms. The molecule has 0 amide bonds. The second kappa shape index (κ2) is 4.45. The summed E-state index contributed by atoms with van der Waals surface area (Å²) in [6.45, 7) is 0.139. The maximum Gasteiger partial charge on any atom is 0.123 e. The van der Waals surface area contributed by atoms with Crippen LogP contribution in [0.4, 0.5) is 4.39 Å². The Labute approximate surface area is 74.8 Å². The van der Waals surface area contributed by atoms with Crippen LogP contribution in [-0.2, 0) is 0 Å². The van der Waals surface area contributed by atoms with Crippen molar-refractivity contribution in [3.05, 3.63) is 46.1 Å². The van der Waals surface area contributed by atoms with E-state index in [4.69, 9.17) is 11.3 Å². The molecule has 4 nitrogen and oxygen atoms in total. The molecule has 0 aliphatic rings. The minimum Gasteiger partial charge on any atom is -0.324 e. The molecule has 0 aromatic heterocycles. The van der Waals surface area contributed by atoms with Crippen molar-refractivity contribution in [1.29, 1.82) is 0 Å². The predicted molar refractivity (Wildman–Crippen MR) is 47.3 cm³/mol. The first-order valence-corrected chi connectivity index (χ1v) is 3.76. The van der Waals surface area contributed by atoms with Gasteiger partial charge in [-0.15, -0.1) is 0 Å². The van der Waals surface area contributed by atoms with Gasteiger partial charge in [-0.3, -0.25) is 0 Å². The van der Waals surface area contributed by atoms with Crippen molar-refractivity contribution in [3.8, 4) is 0 Å². The van der Waals surface area contributed by atoms with E-state index >= 15 is 0 Å². The average molecular weight is 180 g/mol. The smallest absolute Gasteiger partial charge is 0.123 e. The lowest BCUT2D eigenvalue weighted by molar-refractivity contribution is 0.619. The summed E-state index contributed by atoms with van der Waals surface area (Å²) in [5.74, 6) is -0.339. The summed E-state index contributed by atoms with van der Waals surface area (Å²) in [4.78, 5) is 2.57. The van der Waals surface area contributed by atoms with Crippen LogP contribution in [0.5, 0.6) is 0 Å². The van der Waals surface area contributed by atoms with Crippen LogP contribution in [0.3, 0.4) is 0 Å². The minimum atomic E-state index is -0.438. The zero-order valence-electron chi connectivity index (χ0n) is 6.89. The monoisotopic (exact) mass is 180 g/mol. The van der Waals surface area contributed by atoms with E-state index in [-0.39, 0.29) is 12.4 Å². The fourth-order valence-corrected chi connectivity index (χ4v) is 0.967. The lowest BCUT2D eigenvalue weighted by Gasteiger charge is -2.07. The second-order valence-corrected chi connectivity index (χ2v) is 2.57. The van der Waals surface area contributed by atoms with E-state index in [2.05, 4.69) is 10.0 Å². The van der Waals surface area contributed by atoms with Gasteiger partial charge >= 0.3 is 0 Å². The van der Waals surface area contributed by atoms with Gasteiger partial charge in [0.1, 0.15) is 5.82 Å². The van der Waals surface area contributed by atoms with Crippen molar-refractivity contribution in [2.45, 2.75) is 6.04 Å². The van der Waals surface area contributed by atoms with Crippen molar-refractivity contribution < 1.29 is 4.39 Å². The zero-order chi connectivity index (χ0) is 9.68. The summed E-state index contributed by atoms with van der Waals surface area (Å²) in [5, 5.41) is 3.31. The Morgan fingerprint density at radius 2 is 2.38 bits per heavy atom. The Morgan fingerprint density at radius 3 is 3.00 bits per heavy atom. The number of halogens is 1. The number of rotatable bonds is 3. The highest BCUT2D eigenvalue weighted by Crippen LogP contribution is 2.11. The van der Waals surface area contributed by atoms with Gasteiger partial charge < -0.3 is 5.73 Å². The minimum absolute atomic E-state index is 0.139. The first-order valence-electron chi connectivity index (χ1n) is 3.76. The van der Waals surface area contributed by atoms with E-state index in [9.17, 15) is 4.39 Å². The van der Waals surface area contributed by atoms with Crippen molar-refractivity contribution in [2.75, 3.05) is 6.54 Å². The van der Waals surface area contributed by atoms with Crippen molar-refractivity contribution >= 4 is 0 Å². The average Bonchev–Trinajstić information content (AvgIpc) is 2.14. The normalized spacial score (nSPS) is 11.8. The first-order chi connectivity index (χ1) is 6.24. The number of benzene rings is 1. The summed E-state index contributed by atoms with van der Waals surface area (Å²) in [7, 11) is 0. The van der Waals surface area contributed by atoms with Gasteiger partial charge in [0, 0.05) is 17.5 Å². The van der Waals surface area contributed by atoms with Crippen LogP contribution in [-0.4, -0.2) is 6.54 Å². The van der Waals surface area contributed by atoms with Crippen molar-refractivity contribution in [1.82, 2.24) is 0 Å². The number of nitrogens with zero attached hydrogens (tertiary/aromatic N) is 3. The Hall–Kier alpha value is -1.58. The highest BCUT2D eigenvalue weighted by Gasteiger charge is 2.04. The predicted octanol–water partition coefficient (Wildman–Crippen LogP) is 2.14. The van der Waals surface area contributed by atoms with E-state index in [0.29, 0.717) is 5.56 Å². The lowest BCUT2D eigenvalue weighted by Crippen LogP contribution is -2.13. The highest BCUT2D eigenvalue weighted by atomic mass is 19.1.